The Kier molecular flexibility index (Phi) is 3.95. The minimum atomic E-state index is -0.933. The zero-order valence-electron chi connectivity index (χ0n) is 9.51. The second kappa shape index (κ2) is 5.65. The minimum Gasteiger partial charge on any atom is -0.478 e. The van der Waals surface area contributed by atoms with Gasteiger partial charge in [-0.2, -0.15) is 0 Å². The van der Waals surface area contributed by atoms with Gasteiger partial charge in [-0.15, -0.1) is 0 Å². The highest BCUT2D eigenvalue weighted by Crippen LogP contribution is 2.23. The van der Waals surface area contributed by atoms with Crippen LogP contribution >= 0.6 is 15.9 Å². The van der Waals surface area contributed by atoms with Gasteiger partial charge >= 0.3 is 5.97 Å². The summed E-state index contributed by atoms with van der Waals surface area (Å²) in [5, 5.41) is 9.30. The molecule has 2 nitrogen and oxygen atoms in total. The fourth-order valence-corrected chi connectivity index (χ4v) is 2.03. The van der Waals surface area contributed by atoms with Crippen LogP contribution in [0.2, 0.25) is 0 Å². The van der Waals surface area contributed by atoms with E-state index in [1.165, 1.54) is 0 Å². The average molecular weight is 303 g/mol. The van der Waals surface area contributed by atoms with Gasteiger partial charge in [0.1, 0.15) is 0 Å². The van der Waals surface area contributed by atoms with Gasteiger partial charge in [0.25, 0.3) is 0 Å². The van der Waals surface area contributed by atoms with E-state index in [0.29, 0.717) is 5.56 Å². The van der Waals surface area contributed by atoms with Crippen LogP contribution in [0.15, 0.2) is 59.1 Å². The van der Waals surface area contributed by atoms with Gasteiger partial charge in [-0.25, -0.2) is 4.79 Å². The summed E-state index contributed by atoms with van der Waals surface area (Å²) in [5.41, 5.74) is 1.82. The first-order valence-electron chi connectivity index (χ1n) is 5.43. The average Bonchev–Trinajstić information content (AvgIpc) is 2.38. The van der Waals surface area contributed by atoms with Gasteiger partial charge in [-0.05, 0) is 23.3 Å². The molecule has 0 aliphatic rings. The standard InChI is InChI=1S/C15H11BrO2/c16-14-9-5-4-8-12(14)10-13(15(17)18)11-6-2-1-3-7-11/h1-10H,(H,17,18). The number of carboxylic acid groups (broad SMARTS) is 1. The SMILES string of the molecule is O=C(O)C(=Cc1ccccc1Br)c1ccccc1. The molecule has 90 valence electrons. The molecule has 2 aromatic rings. The molecule has 2 rings (SSSR count). The fourth-order valence-electron chi connectivity index (χ4n) is 1.63. The zero-order chi connectivity index (χ0) is 13.0. The summed E-state index contributed by atoms with van der Waals surface area (Å²) in [4.78, 5) is 11.3. The van der Waals surface area contributed by atoms with E-state index in [9.17, 15) is 9.90 Å². The molecule has 0 saturated carbocycles. The molecular weight excluding hydrogens is 292 g/mol. The summed E-state index contributed by atoms with van der Waals surface area (Å²) >= 11 is 3.41. The van der Waals surface area contributed by atoms with E-state index in [-0.39, 0.29) is 5.57 Å². The lowest BCUT2D eigenvalue weighted by Crippen LogP contribution is -1.99. The zero-order valence-corrected chi connectivity index (χ0v) is 11.1. The highest BCUT2D eigenvalue weighted by Gasteiger charge is 2.10. The molecule has 0 aromatic heterocycles. The maximum Gasteiger partial charge on any atom is 0.336 e. The van der Waals surface area contributed by atoms with Gasteiger partial charge in [-0.3, -0.25) is 0 Å². The monoisotopic (exact) mass is 302 g/mol. The first-order valence-corrected chi connectivity index (χ1v) is 6.23. The molecule has 1 N–H and O–H groups in total. The maximum atomic E-state index is 11.3. The third kappa shape index (κ3) is 2.87. The van der Waals surface area contributed by atoms with E-state index in [0.717, 1.165) is 10.0 Å². The number of hydrogen-bond acceptors (Lipinski definition) is 1. The largest absolute Gasteiger partial charge is 0.478 e. The van der Waals surface area contributed by atoms with Crippen LogP contribution in [0.4, 0.5) is 0 Å². The first-order chi connectivity index (χ1) is 8.68. The summed E-state index contributed by atoms with van der Waals surface area (Å²) in [5.74, 6) is -0.933. The molecule has 0 aliphatic heterocycles. The Morgan fingerprint density at radius 3 is 2.22 bits per heavy atom. The number of benzene rings is 2. The quantitative estimate of drug-likeness (QED) is 0.685. The van der Waals surface area contributed by atoms with Crippen LogP contribution in [0, 0.1) is 0 Å². The summed E-state index contributed by atoms with van der Waals surface area (Å²) in [7, 11) is 0. The van der Waals surface area contributed by atoms with Gasteiger partial charge in [0.15, 0.2) is 0 Å². The number of hydrogen-bond donors (Lipinski definition) is 1. The van der Waals surface area contributed by atoms with Crippen molar-refractivity contribution in [1.29, 1.82) is 0 Å². The molecule has 0 aliphatic carbocycles. The molecule has 3 heteroatoms. The van der Waals surface area contributed by atoms with E-state index in [4.69, 9.17) is 0 Å². The fraction of sp³-hybridized carbons (Fsp3) is 0. The van der Waals surface area contributed by atoms with Crippen LogP contribution in [0.1, 0.15) is 11.1 Å². The number of carbonyl (C=O) groups is 1. The van der Waals surface area contributed by atoms with Crippen LogP contribution in [0.3, 0.4) is 0 Å². The minimum absolute atomic E-state index is 0.280. The van der Waals surface area contributed by atoms with Gasteiger partial charge in [0, 0.05) is 4.47 Å². The van der Waals surface area contributed by atoms with Gasteiger partial charge in [0.2, 0.25) is 0 Å². The van der Waals surface area contributed by atoms with Crippen LogP contribution < -0.4 is 0 Å². The second-order valence-corrected chi connectivity index (χ2v) is 4.61. The highest BCUT2D eigenvalue weighted by atomic mass is 79.9. The van der Waals surface area contributed by atoms with Gasteiger partial charge in [0.05, 0.1) is 5.57 Å². The van der Waals surface area contributed by atoms with Crippen molar-refractivity contribution < 1.29 is 9.90 Å². The van der Waals surface area contributed by atoms with Crippen LogP contribution in [-0.4, -0.2) is 11.1 Å². The van der Waals surface area contributed by atoms with Gasteiger partial charge < -0.3 is 5.11 Å². The Balaban J connectivity index is 2.50. The molecule has 0 unspecified atom stereocenters. The normalized spacial score (nSPS) is 11.3. The Labute approximate surface area is 114 Å². The molecule has 18 heavy (non-hydrogen) atoms. The number of halogens is 1. The number of aliphatic carboxylic acids is 1. The predicted octanol–water partition coefficient (Wildman–Crippen LogP) is 4.07. The molecule has 0 spiro atoms. The van der Waals surface area contributed by atoms with Crippen molar-refractivity contribution in [2.75, 3.05) is 0 Å². The topological polar surface area (TPSA) is 37.3 Å². The van der Waals surface area contributed by atoms with Crippen LogP contribution in [0.5, 0.6) is 0 Å². The number of rotatable bonds is 3. The van der Waals surface area contributed by atoms with E-state index in [1.54, 1.807) is 18.2 Å². The molecule has 0 fully saturated rings. The van der Waals surface area contributed by atoms with Crippen molar-refractivity contribution in [2.45, 2.75) is 0 Å². The lowest BCUT2D eigenvalue weighted by atomic mass is 10.0. The lowest BCUT2D eigenvalue weighted by molar-refractivity contribution is -0.130. The smallest absolute Gasteiger partial charge is 0.336 e. The van der Waals surface area contributed by atoms with E-state index < -0.39 is 5.97 Å². The molecule has 0 atom stereocenters. The highest BCUT2D eigenvalue weighted by molar-refractivity contribution is 9.10. The third-order valence-corrected chi connectivity index (χ3v) is 3.24. The molecule has 0 amide bonds. The molecular formula is C15H11BrO2. The molecule has 0 saturated heterocycles. The van der Waals surface area contributed by atoms with Gasteiger partial charge in [-0.1, -0.05) is 64.5 Å². The Morgan fingerprint density at radius 2 is 1.61 bits per heavy atom. The summed E-state index contributed by atoms with van der Waals surface area (Å²) in [6.45, 7) is 0. The Bertz CT molecular complexity index is 588. The predicted molar refractivity (Wildman–Crippen MR) is 76.1 cm³/mol. The summed E-state index contributed by atoms with van der Waals surface area (Å²) in [6.07, 6.45) is 1.67. The van der Waals surface area contributed by atoms with Crippen molar-refractivity contribution in [3.8, 4) is 0 Å². The Morgan fingerprint density at radius 1 is 1.00 bits per heavy atom. The Hall–Kier alpha value is -1.87. The molecule has 0 heterocycles. The maximum absolute atomic E-state index is 11.3. The van der Waals surface area contributed by atoms with Crippen molar-refractivity contribution in [2.24, 2.45) is 0 Å². The van der Waals surface area contributed by atoms with Crippen LogP contribution in [0.25, 0.3) is 11.6 Å². The first kappa shape index (κ1) is 12.6. The summed E-state index contributed by atoms with van der Waals surface area (Å²) in [6, 6.07) is 16.6. The number of carboxylic acids is 1. The van der Waals surface area contributed by atoms with Crippen molar-refractivity contribution in [1.82, 2.24) is 0 Å². The third-order valence-electron chi connectivity index (χ3n) is 2.52. The van der Waals surface area contributed by atoms with Crippen molar-refractivity contribution in [3.05, 3.63) is 70.2 Å². The molecule has 2 aromatic carbocycles. The van der Waals surface area contributed by atoms with Crippen LogP contribution in [-0.2, 0) is 4.79 Å². The van der Waals surface area contributed by atoms with Crippen molar-refractivity contribution in [3.63, 3.8) is 0 Å². The summed E-state index contributed by atoms with van der Waals surface area (Å²) < 4.78 is 0.875. The molecule has 0 bridgehead atoms. The van der Waals surface area contributed by atoms with E-state index >= 15 is 0 Å². The van der Waals surface area contributed by atoms with Crippen molar-refractivity contribution >= 4 is 33.5 Å². The van der Waals surface area contributed by atoms with E-state index in [2.05, 4.69) is 15.9 Å². The second-order valence-electron chi connectivity index (χ2n) is 3.75. The molecule has 0 radical (unpaired) electrons. The lowest BCUT2D eigenvalue weighted by Gasteiger charge is -2.04. The van der Waals surface area contributed by atoms with E-state index in [1.807, 2.05) is 42.5 Å².